The molecular weight excluding hydrogens is 354 g/mol. The fourth-order valence-electron chi connectivity index (χ4n) is 2.24. The largest absolute Gasteiger partial charge is 0.497 e. The van der Waals surface area contributed by atoms with E-state index in [0.29, 0.717) is 12.2 Å². The highest BCUT2D eigenvalue weighted by molar-refractivity contribution is 7.98. The number of carbonyl (C=O) groups excluding carboxylic acids is 1. The predicted molar refractivity (Wildman–Crippen MR) is 99.9 cm³/mol. The molecular formula is C17H19N5O3S. The molecule has 0 bridgehead atoms. The molecule has 8 nitrogen and oxygen atoms in total. The van der Waals surface area contributed by atoms with Crippen LogP contribution in [0.3, 0.4) is 0 Å². The smallest absolute Gasteiger partial charge is 0.340 e. The van der Waals surface area contributed by atoms with Crippen LogP contribution in [0, 0.1) is 0 Å². The van der Waals surface area contributed by atoms with Crippen LogP contribution in [0.1, 0.15) is 18.2 Å². The lowest BCUT2D eigenvalue weighted by Crippen LogP contribution is -2.07. The first-order valence-electron chi connectivity index (χ1n) is 7.79. The van der Waals surface area contributed by atoms with Crippen molar-refractivity contribution in [1.82, 2.24) is 9.55 Å². The van der Waals surface area contributed by atoms with Crippen LogP contribution in [0.5, 0.6) is 5.75 Å². The van der Waals surface area contributed by atoms with Gasteiger partial charge in [0, 0.05) is 4.91 Å². The van der Waals surface area contributed by atoms with Crippen molar-refractivity contribution in [3.63, 3.8) is 0 Å². The lowest BCUT2D eigenvalue weighted by molar-refractivity contribution is -0.138. The van der Waals surface area contributed by atoms with E-state index in [1.165, 1.54) is 17.8 Å². The molecule has 0 aliphatic heterocycles. The Morgan fingerprint density at radius 3 is 2.73 bits per heavy atom. The van der Waals surface area contributed by atoms with Gasteiger partial charge in [0.05, 0.1) is 32.2 Å². The fraction of sp³-hybridized carbons (Fsp3) is 0.294. The second kappa shape index (κ2) is 9.55. The molecule has 0 amide bonds. The number of aromatic nitrogens is 2. The Morgan fingerprint density at radius 1 is 1.42 bits per heavy atom. The zero-order valence-electron chi connectivity index (χ0n) is 14.7. The van der Waals surface area contributed by atoms with Crippen molar-refractivity contribution in [2.45, 2.75) is 18.6 Å². The van der Waals surface area contributed by atoms with Gasteiger partial charge in [-0.05, 0) is 42.5 Å². The zero-order chi connectivity index (χ0) is 18.9. The molecule has 136 valence electrons. The maximum absolute atomic E-state index is 11.9. The highest BCUT2D eigenvalue weighted by atomic mass is 32.2. The molecule has 0 N–H and O–H groups in total. The van der Waals surface area contributed by atoms with Gasteiger partial charge in [-0.3, -0.25) is 0 Å². The van der Waals surface area contributed by atoms with Crippen LogP contribution >= 0.6 is 11.8 Å². The van der Waals surface area contributed by atoms with Gasteiger partial charge in [0.1, 0.15) is 11.4 Å². The van der Waals surface area contributed by atoms with E-state index in [0.717, 1.165) is 16.5 Å². The Kier molecular flexibility index (Phi) is 7.13. The summed E-state index contributed by atoms with van der Waals surface area (Å²) >= 11 is 1.48. The average molecular weight is 373 g/mol. The summed E-state index contributed by atoms with van der Waals surface area (Å²) in [6.45, 7) is 2.42. The number of nitrogens with zero attached hydrogens (tertiary/aromatic N) is 5. The van der Waals surface area contributed by atoms with Crippen LogP contribution in [-0.2, 0) is 16.1 Å². The third-order valence-corrected chi connectivity index (χ3v) is 4.14. The lowest BCUT2D eigenvalue weighted by atomic mass is 10.2. The van der Waals surface area contributed by atoms with Crippen LogP contribution in [-0.4, -0.2) is 35.5 Å². The number of thioether (sulfide) groups is 1. The van der Waals surface area contributed by atoms with Crippen molar-refractivity contribution in [3.05, 3.63) is 57.9 Å². The van der Waals surface area contributed by atoms with Gasteiger partial charge in [-0.1, -0.05) is 29.0 Å². The Morgan fingerprint density at radius 2 is 2.15 bits per heavy atom. The fourth-order valence-corrected chi connectivity index (χ4v) is 2.79. The summed E-state index contributed by atoms with van der Waals surface area (Å²) in [5, 5.41) is 4.22. The number of ether oxygens (including phenoxy) is 2. The van der Waals surface area contributed by atoms with Crippen molar-refractivity contribution in [3.8, 4) is 5.75 Å². The van der Waals surface area contributed by atoms with Gasteiger partial charge in [-0.15, -0.1) is 0 Å². The van der Waals surface area contributed by atoms with Crippen LogP contribution in [0.25, 0.3) is 16.5 Å². The van der Waals surface area contributed by atoms with Crippen LogP contribution in [0.15, 0.2) is 46.4 Å². The molecule has 9 heteroatoms. The molecule has 0 aliphatic rings. The van der Waals surface area contributed by atoms with Crippen LogP contribution in [0.4, 0.5) is 0 Å². The number of rotatable bonds is 8. The summed E-state index contributed by atoms with van der Waals surface area (Å²) in [5.74, 6) is 0.103. The van der Waals surface area contributed by atoms with Gasteiger partial charge in [0.2, 0.25) is 0 Å². The Balaban J connectivity index is 2.39. The van der Waals surface area contributed by atoms with E-state index in [4.69, 9.17) is 15.0 Å². The summed E-state index contributed by atoms with van der Waals surface area (Å²) in [6.07, 6.45) is 5.02. The molecule has 0 aliphatic carbocycles. The standard InChI is InChI=1S/C17H19N5O3S/c1-4-25-16(23)15(20-21-18)9-13-10-19-17(26-3)22(13)11-12-5-7-14(24-2)8-6-12/h5-10H,4,11H2,1-3H3/b15-9+. The molecule has 0 unspecified atom stereocenters. The van der Waals surface area contributed by atoms with E-state index in [1.54, 1.807) is 20.2 Å². The van der Waals surface area contributed by atoms with E-state index in [-0.39, 0.29) is 12.3 Å². The number of azide groups is 1. The summed E-state index contributed by atoms with van der Waals surface area (Å²) in [4.78, 5) is 19.0. The van der Waals surface area contributed by atoms with Crippen molar-refractivity contribution < 1.29 is 14.3 Å². The first-order valence-corrected chi connectivity index (χ1v) is 9.01. The SMILES string of the molecule is CCOC(=O)/C(=C\c1cnc(SC)n1Cc1ccc(OC)cc1)N=[N+]=[N-]. The third kappa shape index (κ3) is 4.81. The lowest BCUT2D eigenvalue weighted by Gasteiger charge is -2.10. The topological polar surface area (TPSA) is 102 Å². The maximum Gasteiger partial charge on any atom is 0.340 e. The van der Waals surface area contributed by atoms with Crippen molar-refractivity contribution in [2.75, 3.05) is 20.0 Å². The summed E-state index contributed by atoms with van der Waals surface area (Å²) in [7, 11) is 1.62. The second-order valence-corrected chi connectivity index (χ2v) is 5.82. The van der Waals surface area contributed by atoms with Gasteiger partial charge in [-0.2, -0.15) is 0 Å². The Labute approximate surface area is 155 Å². The molecule has 0 saturated heterocycles. The predicted octanol–water partition coefficient (Wildman–Crippen LogP) is 3.88. The minimum atomic E-state index is -0.673. The number of imidazole rings is 1. The summed E-state index contributed by atoms with van der Waals surface area (Å²) in [5.41, 5.74) is 10.3. The van der Waals surface area contributed by atoms with Gasteiger partial charge in [-0.25, -0.2) is 9.78 Å². The molecule has 1 heterocycles. The molecule has 26 heavy (non-hydrogen) atoms. The van der Waals surface area contributed by atoms with E-state index < -0.39 is 5.97 Å². The monoisotopic (exact) mass is 373 g/mol. The highest BCUT2D eigenvalue weighted by Gasteiger charge is 2.13. The normalized spacial score (nSPS) is 11.0. The van der Waals surface area contributed by atoms with E-state index >= 15 is 0 Å². The first kappa shape index (κ1) is 19.4. The molecule has 0 atom stereocenters. The second-order valence-electron chi connectivity index (χ2n) is 5.04. The molecule has 0 fully saturated rings. The highest BCUT2D eigenvalue weighted by Crippen LogP contribution is 2.21. The van der Waals surface area contributed by atoms with E-state index in [2.05, 4.69) is 15.0 Å². The van der Waals surface area contributed by atoms with Crippen LogP contribution < -0.4 is 4.74 Å². The van der Waals surface area contributed by atoms with E-state index in [9.17, 15) is 4.79 Å². The number of hydrogen-bond donors (Lipinski definition) is 0. The number of methoxy groups -OCH3 is 1. The number of hydrogen-bond acceptors (Lipinski definition) is 6. The van der Waals surface area contributed by atoms with Crippen LogP contribution in [0.2, 0.25) is 0 Å². The number of carbonyl (C=O) groups is 1. The molecule has 0 spiro atoms. The van der Waals surface area contributed by atoms with E-state index in [1.807, 2.05) is 35.1 Å². The van der Waals surface area contributed by atoms with Crippen molar-refractivity contribution >= 4 is 23.8 Å². The molecule has 1 aromatic heterocycles. The Bertz CT molecular complexity index is 839. The minimum absolute atomic E-state index is 0.113. The Hall–Kier alpha value is -2.90. The van der Waals surface area contributed by atoms with Gasteiger partial charge in [0.15, 0.2) is 5.16 Å². The summed E-state index contributed by atoms with van der Waals surface area (Å²) < 4.78 is 12.0. The third-order valence-electron chi connectivity index (χ3n) is 3.45. The zero-order valence-corrected chi connectivity index (χ0v) is 15.6. The van der Waals surface area contributed by atoms with Gasteiger partial charge in [0.25, 0.3) is 0 Å². The number of benzene rings is 1. The molecule has 1 aromatic carbocycles. The molecule has 2 aromatic rings. The van der Waals surface area contributed by atoms with Crippen molar-refractivity contribution in [2.24, 2.45) is 5.11 Å². The maximum atomic E-state index is 11.9. The first-order chi connectivity index (χ1) is 12.6. The molecule has 0 saturated carbocycles. The minimum Gasteiger partial charge on any atom is -0.497 e. The average Bonchev–Trinajstić information content (AvgIpc) is 3.03. The summed E-state index contributed by atoms with van der Waals surface area (Å²) in [6, 6.07) is 7.67. The quantitative estimate of drug-likeness (QED) is 0.174. The molecule has 0 radical (unpaired) electrons. The van der Waals surface area contributed by atoms with Gasteiger partial charge < -0.3 is 14.0 Å². The van der Waals surface area contributed by atoms with Gasteiger partial charge >= 0.3 is 5.97 Å². The van der Waals surface area contributed by atoms with Crippen molar-refractivity contribution in [1.29, 1.82) is 0 Å². The molecule has 2 rings (SSSR count). The number of esters is 1.